The van der Waals surface area contributed by atoms with Gasteiger partial charge in [-0.2, -0.15) is 0 Å². The summed E-state index contributed by atoms with van der Waals surface area (Å²) in [6.45, 7) is 5.03. The van der Waals surface area contributed by atoms with E-state index in [-0.39, 0.29) is 6.04 Å². The van der Waals surface area contributed by atoms with Crippen LogP contribution < -0.4 is 5.73 Å². The Labute approximate surface area is 97.1 Å². The Hall–Kier alpha value is -1.28. The first kappa shape index (κ1) is 11.2. The van der Waals surface area contributed by atoms with Gasteiger partial charge in [0.2, 0.25) is 0 Å². The summed E-state index contributed by atoms with van der Waals surface area (Å²) < 4.78 is 5.49. The van der Waals surface area contributed by atoms with E-state index in [1.165, 1.54) is 16.7 Å². The van der Waals surface area contributed by atoms with Crippen molar-refractivity contribution in [2.75, 3.05) is 6.61 Å². The molecular formula is C14H19NO. The number of nitrogens with two attached hydrogens (primary N) is 1. The molecular weight excluding hydrogens is 198 g/mol. The van der Waals surface area contributed by atoms with Crippen molar-refractivity contribution in [3.05, 3.63) is 46.7 Å². The van der Waals surface area contributed by atoms with Gasteiger partial charge in [-0.1, -0.05) is 23.8 Å². The summed E-state index contributed by atoms with van der Waals surface area (Å²) in [6, 6.07) is 6.50. The predicted molar refractivity (Wildman–Crippen MR) is 66.2 cm³/mol. The van der Waals surface area contributed by atoms with E-state index >= 15 is 0 Å². The Kier molecular flexibility index (Phi) is 3.30. The van der Waals surface area contributed by atoms with Gasteiger partial charge in [0, 0.05) is 6.42 Å². The van der Waals surface area contributed by atoms with Gasteiger partial charge in [-0.3, -0.25) is 0 Å². The number of rotatable bonds is 3. The number of ether oxygens (including phenoxy) is 1. The van der Waals surface area contributed by atoms with E-state index in [0.717, 1.165) is 25.2 Å². The van der Waals surface area contributed by atoms with Gasteiger partial charge in [0.05, 0.1) is 12.6 Å². The lowest BCUT2D eigenvalue weighted by atomic mass is 9.98. The SMILES string of the molecule is Cc1ccc(C)c(CC(N)C2=CCCO2)c1. The Morgan fingerprint density at radius 2 is 2.19 bits per heavy atom. The van der Waals surface area contributed by atoms with E-state index in [0.29, 0.717) is 0 Å². The van der Waals surface area contributed by atoms with E-state index in [4.69, 9.17) is 10.5 Å². The van der Waals surface area contributed by atoms with Crippen molar-refractivity contribution in [3.8, 4) is 0 Å². The molecule has 2 heteroatoms. The lowest BCUT2D eigenvalue weighted by molar-refractivity contribution is 0.224. The summed E-state index contributed by atoms with van der Waals surface area (Å²) in [5.74, 6) is 0.959. The van der Waals surface area contributed by atoms with E-state index in [9.17, 15) is 0 Å². The fourth-order valence-corrected chi connectivity index (χ4v) is 2.05. The van der Waals surface area contributed by atoms with Crippen molar-refractivity contribution >= 4 is 0 Å². The Morgan fingerprint density at radius 1 is 1.38 bits per heavy atom. The molecule has 1 aromatic carbocycles. The lowest BCUT2D eigenvalue weighted by Crippen LogP contribution is -2.26. The smallest absolute Gasteiger partial charge is 0.109 e. The zero-order chi connectivity index (χ0) is 11.5. The second-order valence-electron chi connectivity index (χ2n) is 4.48. The van der Waals surface area contributed by atoms with Crippen LogP contribution in [0.1, 0.15) is 23.1 Å². The fourth-order valence-electron chi connectivity index (χ4n) is 2.05. The maximum Gasteiger partial charge on any atom is 0.109 e. The molecule has 2 nitrogen and oxygen atoms in total. The van der Waals surface area contributed by atoms with Gasteiger partial charge in [0.25, 0.3) is 0 Å². The standard InChI is InChI=1S/C14H19NO/c1-10-5-6-11(2)12(8-10)9-13(15)14-4-3-7-16-14/h4-6,8,13H,3,7,9,15H2,1-2H3. The second kappa shape index (κ2) is 4.71. The molecule has 16 heavy (non-hydrogen) atoms. The van der Waals surface area contributed by atoms with Gasteiger partial charge in [0.1, 0.15) is 5.76 Å². The number of aryl methyl sites for hydroxylation is 2. The average molecular weight is 217 g/mol. The van der Waals surface area contributed by atoms with Crippen LogP contribution in [-0.4, -0.2) is 12.6 Å². The van der Waals surface area contributed by atoms with Crippen LogP contribution in [0.2, 0.25) is 0 Å². The molecule has 0 aliphatic carbocycles. The summed E-state index contributed by atoms with van der Waals surface area (Å²) in [6.07, 6.45) is 3.96. The van der Waals surface area contributed by atoms with E-state index in [1.807, 2.05) is 0 Å². The molecule has 0 saturated heterocycles. The number of hydrogen-bond acceptors (Lipinski definition) is 2. The molecule has 0 amide bonds. The molecule has 2 N–H and O–H groups in total. The largest absolute Gasteiger partial charge is 0.496 e. The minimum atomic E-state index is 0.00278. The van der Waals surface area contributed by atoms with E-state index in [1.54, 1.807) is 0 Å². The molecule has 2 rings (SSSR count). The molecule has 1 atom stereocenters. The first-order valence-electron chi connectivity index (χ1n) is 5.81. The molecule has 0 fully saturated rings. The third-order valence-electron chi connectivity index (χ3n) is 3.04. The van der Waals surface area contributed by atoms with Gasteiger partial charge in [-0.25, -0.2) is 0 Å². The van der Waals surface area contributed by atoms with Crippen LogP contribution in [0.4, 0.5) is 0 Å². The zero-order valence-electron chi connectivity index (χ0n) is 9.99. The highest BCUT2D eigenvalue weighted by Gasteiger charge is 2.15. The van der Waals surface area contributed by atoms with Gasteiger partial charge >= 0.3 is 0 Å². The highest BCUT2D eigenvalue weighted by molar-refractivity contribution is 5.32. The van der Waals surface area contributed by atoms with Gasteiger partial charge in [-0.05, 0) is 37.5 Å². The minimum Gasteiger partial charge on any atom is -0.496 e. The molecule has 1 unspecified atom stereocenters. The highest BCUT2D eigenvalue weighted by atomic mass is 16.5. The minimum absolute atomic E-state index is 0.00278. The molecule has 0 saturated carbocycles. The normalized spacial score (nSPS) is 16.8. The van der Waals surface area contributed by atoms with E-state index in [2.05, 4.69) is 38.1 Å². The van der Waals surface area contributed by atoms with Gasteiger partial charge < -0.3 is 10.5 Å². The van der Waals surface area contributed by atoms with Crippen LogP contribution in [0.5, 0.6) is 0 Å². The molecule has 1 heterocycles. The second-order valence-corrected chi connectivity index (χ2v) is 4.48. The van der Waals surface area contributed by atoms with Crippen LogP contribution in [0.25, 0.3) is 0 Å². The van der Waals surface area contributed by atoms with Gasteiger partial charge in [0.15, 0.2) is 0 Å². The average Bonchev–Trinajstić information content (AvgIpc) is 2.76. The quantitative estimate of drug-likeness (QED) is 0.844. The van der Waals surface area contributed by atoms with Crippen molar-refractivity contribution in [1.82, 2.24) is 0 Å². The summed E-state index contributed by atoms with van der Waals surface area (Å²) >= 11 is 0. The molecule has 1 aliphatic rings. The molecule has 0 bridgehead atoms. The summed E-state index contributed by atoms with van der Waals surface area (Å²) in [4.78, 5) is 0. The highest BCUT2D eigenvalue weighted by Crippen LogP contribution is 2.18. The van der Waals surface area contributed by atoms with Crippen LogP contribution in [0.3, 0.4) is 0 Å². The van der Waals surface area contributed by atoms with E-state index < -0.39 is 0 Å². The number of hydrogen-bond donors (Lipinski definition) is 1. The summed E-state index contributed by atoms with van der Waals surface area (Å²) in [5, 5.41) is 0. The maximum atomic E-state index is 6.14. The lowest BCUT2D eigenvalue weighted by Gasteiger charge is -2.15. The topological polar surface area (TPSA) is 35.2 Å². The van der Waals surface area contributed by atoms with Crippen molar-refractivity contribution < 1.29 is 4.74 Å². The molecule has 0 spiro atoms. The molecule has 0 aromatic heterocycles. The van der Waals surface area contributed by atoms with Crippen LogP contribution in [0, 0.1) is 13.8 Å². The third kappa shape index (κ3) is 2.45. The van der Waals surface area contributed by atoms with Crippen LogP contribution in [-0.2, 0) is 11.2 Å². The van der Waals surface area contributed by atoms with Gasteiger partial charge in [-0.15, -0.1) is 0 Å². The summed E-state index contributed by atoms with van der Waals surface area (Å²) in [5.41, 5.74) is 10.1. The third-order valence-corrected chi connectivity index (χ3v) is 3.04. The molecule has 1 aliphatic heterocycles. The Bertz CT molecular complexity index is 409. The predicted octanol–water partition coefficient (Wildman–Crippen LogP) is 2.48. The molecule has 86 valence electrons. The maximum absolute atomic E-state index is 6.14. The monoisotopic (exact) mass is 217 g/mol. The van der Waals surface area contributed by atoms with Crippen molar-refractivity contribution in [1.29, 1.82) is 0 Å². The van der Waals surface area contributed by atoms with Crippen molar-refractivity contribution in [3.63, 3.8) is 0 Å². The fraction of sp³-hybridized carbons (Fsp3) is 0.429. The Morgan fingerprint density at radius 3 is 2.88 bits per heavy atom. The van der Waals surface area contributed by atoms with Crippen LogP contribution in [0.15, 0.2) is 30.0 Å². The summed E-state index contributed by atoms with van der Waals surface area (Å²) in [7, 11) is 0. The first-order valence-corrected chi connectivity index (χ1v) is 5.81. The zero-order valence-corrected chi connectivity index (χ0v) is 9.99. The van der Waals surface area contributed by atoms with Crippen LogP contribution >= 0.6 is 0 Å². The molecule has 0 radical (unpaired) electrons. The number of benzene rings is 1. The van der Waals surface area contributed by atoms with Crippen molar-refractivity contribution in [2.24, 2.45) is 5.73 Å². The molecule has 1 aromatic rings. The first-order chi connectivity index (χ1) is 7.66. The van der Waals surface area contributed by atoms with Crippen molar-refractivity contribution in [2.45, 2.75) is 32.7 Å². The Balaban J connectivity index is 2.10.